The highest BCUT2D eigenvalue weighted by atomic mass is 19.1. The predicted molar refractivity (Wildman–Crippen MR) is 76.8 cm³/mol. The number of hydrogen-bond acceptors (Lipinski definition) is 4. The van der Waals surface area contributed by atoms with E-state index in [1.54, 1.807) is 24.3 Å². The Hall–Kier alpha value is -2.47. The van der Waals surface area contributed by atoms with Gasteiger partial charge in [0.2, 0.25) is 5.75 Å². The molecule has 21 heavy (non-hydrogen) atoms. The van der Waals surface area contributed by atoms with Crippen LogP contribution in [-0.2, 0) is 0 Å². The monoisotopic (exact) mass is 290 g/mol. The second-order valence-electron chi connectivity index (χ2n) is 4.50. The summed E-state index contributed by atoms with van der Waals surface area (Å²) in [6.07, 6.45) is 0.666. The molecule has 2 rings (SSSR count). The quantitative estimate of drug-likeness (QED) is 0.668. The molecule has 6 heteroatoms. The third kappa shape index (κ3) is 3.17. The van der Waals surface area contributed by atoms with E-state index in [0.717, 1.165) is 6.07 Å². The van der Waals surface area contributed by atoms with Crippen LogP contribution in [0.4, 0.5) is 10.1 Å². The fraction of sp³-hybridized carbons (Fsp3) is 0.200. The summed E-state index contributed by atoms with van der Waals surface area (Å²) in [5.41, 5.74) is 6.23. The first-order valence-corrected chi connectivity index (χ1v) is 6.49. The van der Waals surface area contributed by atoms with Crippen molar-refractivity contribution in [3.63, 3.8) is 0 Å². The summed E-state index contributed by atoms with van der Waals surface area (Å²) < 4.78 is 19.3. The van der Waals surface area contributed by atoms with E-state index in [-0.39, 0.29) is 6.04 Å². The molecule has 5 nitrogen and oxygen atoms in total. The van der Waals surface area contributed by atoms with E-state index in [1.807, 2.05) is 6.92 Å². The van der Waals surface area contributed by atoms with Crippen molar-refractivity contribution in [2.75, 3.05) is 0 Å². The third-order valence-corrected chi connectivity index (χ3v) is 3.11. The van der Waals surface area contributed by atoms with E-state index in [1.165, 1.54) is 12.1 Å². The lowest BCUT2D eigenvalue weighted by Crippen LogP contribution is -2.10. The third-order valence-electron chi connectivity index (χ3n) is 3.11. The number of nitrogens with zero attached hydrogens (tertiary/aromatic N) is 1. The Morgan fingerprint density at radius 1 is 1.29 bits per heavy atom. The Labute approximate surface area is 121 Å². The molecular formula is C15H15FN2O3. The van der Waals surface area contributed by atoms with Gasteiger partial charge in [0.25, 0.3) is 0 Å². The van der Waals surface area contributed by atoms with Gasteiger partial charge in [0.05, 0.1) is 4.92 Å². The molecule has 2 aromatic carbocycles. The van der Waals surface area contributed by atoms with Gasteiger partial charge in [-0.2, -0.15) is 0 Å². The van der Waals surface area contributed by atoms with Gasteiger partial charge in [-0.3, -0.25) is 10.1 Å². The maximum Gasteiger partial charge on any atom is 0.314 e. The lowest BCUT2D eigenvalue weighted by Gasteiger charge is -2.15. The fourth-order valence-electron chi connectivity index (χ4n) is 1.95. The van der Waals surface area contributed by atoms with Crippen LogP contribution in [0.5, 0.6) is 11.5 Å². The Kier molecular flexibility index (Phi) is 4.49. The van der Waals surface area contributed by atoms with Gasteiger partial charge in [0.15, 0.2) is 5.82 Å². The molecule has 0 aromatic heterocycles. The van der Waals surface area contributed by atoms with E-state index >= 15 is 0 Å². The average molecular weight is 290 g/mol. The smallest absolute Gasteiger partial charge is 0.314 e. The zero-order valence-corrected chi connectivity index (χ0v) is 11.5. The van der Waals surface area contributed by atoms with Crippen LogP contribution in [0, 0.1) is 15.9 Å². The lowest BCUT2D eigenvalue weighted by molar-refractivity contribution is -0.385. The summed E-state index contributed by atoms with van der Waals surface area (Å²) in [5, 5.41) is 11.0. The molecule has 0 saturated carbocycles. The Bertz CT molecular complexity index is 661. The molecule has 0 spiro atoms. The van der Waals surface area contributed by atoms with E-state index < -0.39 is 22.2 Å². The zero-order valence-electron chi connectivity index (χ0n) is 11.5. The SMILES string of the molecule is CC[C@H](N)c1ccccc1Oc1c(F)cccc1[N+](=O)[O-]. The normalized spacial score (nSPS) is 12.0. The lowest BCUT2D eigenvalue weighted by atomic mass is 10.0. The number of halogens is 1. The van der Waals surface area contributed by atoms with Crippen LogP contribution in [-0.4, -0.2) is 4.92 Å². The number of rotatable bonds is 5. The summed E-state index contributed by atoms with van der Waals surface area (Å²) >= 11 is 0. The average Bonchev–Trinajstić information content (AvgIpc) is 2.48. The summed E-state index contributed by atoms with van der Waals surface area (Å²) in [4.78, 5) is 10.3. The molecule has 2 aromatic rings. The number of hydrogen-bond donors (Lipinski definition) is 1. The van der Waals surface area contributed by atoms with E-state index in [0.29, 0.717) is 17.7 Å². The summed E-state index contributed by atoms with van der Waals surface area (Å²) in [6, 6.07) is 10.2. The molecule has 0 fully saturated rings. The highest BCUT2D eigenvalue weighted by Gasteiger charge is 2.21. The largest absolute Gasteiger partial charge is 0.447 e. The minimum absolute atomic E-state index is 0.285. The molecule has 0 aliphatic heterocycles. The minimum Gasteiger partial charge on any atom is -0.447 e. The van der Waals surface area contributed by atoms with Crippen molar-refractivity contribution < 1.29 is 14.1 Å². The van der Waals surface area contributed by atoms with Crippen molar-refractivity contribution in [3.05, 3.63) is 64.0 Å². The van der Waals surface area contributed by atoms with Crippen LogP contribution < -0.4 is 10.5 Å². The van der Waals surface area contributed by atoms with Crippen LogP contribution in [0.25, 0.3) is 0 Å². The molecule has 1 atom stereocenters. The molecule has 0 aliphatic rings. The van der Waals surface area contributed by atoms with E-state index in [9.17, 15) is 14.5 Å². The second-order valence-corrected chi connectivity index (χ2v) is 4.50. The van der Waals surface area contributed by atoms with E-state index in [4.69, 9.17) is 10.5 Å². The van der Waals surface area contributed by atoms with Gasteiger partial charge in [-0.1, -0.05) is 31.2 Å². The van der Waals surface area contributed by atoms with Crippen LogP contribution in [0.1, 0.15) is 24.9 Å². The van der Waals surface area contributed by atoms with Gasteiger partial charge in [0, 0.05) is 17.7 Å². The molecular weight excluding hydrogens is 275 g/mol. The highest BCUT2D eigenvalue weighted by Crippen LogP contribution is 2.36. The summed E-state index contributed by atoms with van der Waals surface area (Å²) in [5.74, 6) is -0.873. The number of nitro benzene ring substituents is 1. The standard InChI is InChI=1S/C15H15FN2O3/c1-2-12(17)10-6-3-4-9-14(10)21-15-11(16)7-5-8-13(15)18(19)20/h3-9,12H,2,17H2,1H3/t12-/m0/s1. The number of nitro groups is 1. The summed E-state index contributed by atoms with van der Waals surface area (Å²) in [7, 11) is 0. The number of benzene rings is 2. The molecule has 0 bridgehead atoms. The summed E-state index contributed by atoms with van der Waals surface area (Å²) in [6.45, 7) is 1.91. The molecule has 0 unspecified atom stereocenters. The maximum atomic E-state index is 13.9. The maximum absolute atomic E-state index is 13.9. The molecule has 2 N–H and O–H groups in total. The molecule has 0 aliphatic carbocycles. The number of ether oxygens (including phenoxy) is 1. The van der Waals surface area contributed by atoms with Crippen molar-refractivity contribution >= 4 is 5.69 Å². The van der Waals surface area contributed by atoms with Crippen molar-refractivity contribution in [1.82, 2.24) is 0 Å². The second kappa shape index (κ2) is 6.32. The number of nitrogens with two attached hydrogens (primary N) is 1. The van der Waals surface area contributed by atoms with Crippen LogP contribution >= 0.6 is 0 Å². The molecule has 110 valence electrons. The van der Waals surface area contributed by atoms with Crippen LogP contribution in [0.3, 0.4) is 0 Å². The molecule has 0 radical (unpaired) electrons. The van der Waals surface area contributed by atoms with Crippen molar-refractivity contribution in [3.8, 4) is 11.5 Å². The van der Waals surface area contributed by atoms with Crippen LogP contribution in [0.15, 0.2) is 42.5 Å². The van der Waals surface area contributed by atoms with Crippen molar-refractivity contribution in [2.45, 2.75) is 19.4 Å². The topological polar surface area (TPSA) is 78.4 Å². The van der Waals surface area contributed by atoms with Gasteiger partial charge >= 0.3 is 5.69 Å². The van der Waals surface area contributed by atoms with Gasteiger partial charge in [-0.25, -0.2) is 4.39 Å². The number of para-hydroxylation sites is 2. The van der Waals surface area contributed by atoms with Gasteiger partial charge in [-0.15, -0.1) is 0 Å². The molecule has 0 saturated heterocycles. The zero-order chi connectivity index (χ0) is 15.4. The van der Waals surface area contributed by atoms with E-state index in [2.05, 4.69) is 0 Å². The molecule has 0 heterocycles. The predicted octanol–water partition coefficient (Wildman–Crippen LogP) is 3.94. The molecule has 0 amide bonds. The highest BCUT2D eigenvalue weighted by molar-refractivity contribution is 5.50. The first kappa shape index (κ1) is 14.9. The minimum atomic E-state index is -0.788. The van der Waals surface area contributed by atoms with Gasteiger partial charge in [0.1, 0.15) is 5.75 Å². The van der Waals surface area contributed by atoms with Crippen molar-refractivity contribution in [2.24, 2.45) is 5.73 Å². The Morgan fingerprint density at radius 3 is 2.67 bits per heavy atom. The first-order valence-electron chi connectivity index (χ1n) is 6.49. The van der Waals surface area contributed by atoms with Gasteiger partial charge < -0.3 is 10.5 Å². The van der Waals surface area contributed by atoms with Gasteiger partial charge in [-0.05, 0) is 18.6 Å². The first-order chi connectivity index (χ1) is 10.0. The fourth-order valence-corrected chi connectivity index (χ4v) is 1.95. The Balaban J connectivity index is 2.46. The van der Waals surface area contributed by atoms with Crippen LogP contribution in [0.2, 0.25) is 0 Å². The van der Waals surface area contributed by atoms with Crippen molar-refractivity contribution in [1.29, 1.82) is 0 Å². The Morgan fingerprint density at radius 2 is 2.00 bits per heavy atom.